The molecule has 0 unspecified atom stereocenters. The van der Waals surface area contributed by atoms with Gasteiger partial charge < -0.3 is 10.2 Å². The van der Waals surface area contributed by atoms with Gasteiger partial charge in [-0.3, -0.25) is 9.59 Å². The van der Waals surface area contributed by atoms with Crippen LogP contribution >= 0.6 is 0 Å². The molecule has 1 fully saturated rings. The summed E-state index contributed by atoms with van der Waals surface area (Å²) >= 11 is 0. The van der Waals surface area contributed by atoms with Gasteiger partial charge in [0.2, 0.25) is 11.8 Å². The van der Waals surface area contributed by atoms with Gasteiger partial charge in [0.25, 0.3) is 0 Å². The molecule has 1 saturated heterocycles. The highest BCUT2D eigenvalue weighted by atomic mass is 16.2. The number of rotatable bonds is 1. The summed E-state index contributed by atoms with van der Waals surface area (Å²) in [5.41, 5.74) is 0. The van der Waals surface area contributed by atoms with Crippen molar-refractivity contribution in [2.45, 2.75) is 26.3 Å². The van der Waals surface area contributed by atoms with Crippen molar-refractivity contribution >= 4 is 11.8 Å². The first-order valence-corrected chi connectivity index (χ1v) is 3.67. The van der Waals surface area contributed by atoms with Gasteiger partial charge in [0.05, 0.1) is 6.67 Å². The van der Waals surface area contributed by atoms with Crippen LogP contribution in [0.25, 0.3) is 0 Å². The zero-order valence-electron chi connectivity index (χ0n) is 6.76. The Hall–Kier alpha value is -1.06. The number of carbonyl (C=O) groups is 2. The molecule has 1 rings (SSSR count). The second-order valence-electron chi connectivity index (χ2n) is 2.89. The van der Waals surface area contributed by atoms with Crippen LogP contribution in [-0.2, 0) is 9.59 Å². The maximum absolute atomic E-state index is 11.1. The van der Waals surface area contributed by atoms with Gasteiger partial charge >= 0.3 is 0 Å². The average Bonchev–Trinajstić information content (AvgIpc) is 1.85. The predicted molar refractivity (Wildman–Crippen MR) is 39.6 cm³/mol. The van der Waals surface area contributed by atoms with Gasteiger partial charge in [-0.05, 0) is 13.8 Å². The first kappa shape index (κ1) is 8.04. The van der Waals surface area contributed by atoms with Crippen LogP contribution in [0.3, 0.4) is 0 Å². The smallest absolute Gasteiger partial charge is 0.233 e. The summed E-state index contributed by atoms with van der Waals surface area (Å²) in [6.07, 6.45) is -0.00181. The van der Waals surface area contributed by atoms with Crippen molar-refractivity contribution in [1.29, 1.82) is 0 Å². The van der Waals surface area contributed by atoms with E-state index in [1.807, 2.05) is 13.8 Å². The highest BCUT2D eigenvalue weighted by molar-refractivity contribution is 5.98. The van der Waals surface area contributed by atoms with Crippen molar-refractivity contribution < 1.29 is 9.59 Å². The fourth-order valence-electron chi connectivity index (χ4n) is 1.03. The molecule has 0 bridgehead atoms. The van der Waals surface area contributed by atoms with Crippen LogP contribution in [-0.4, -0.2) is 29.4 Å². The third kappa shape index (κ3) is 1.69. The van der Waals surface area contributed by atoms with Crippen molar-refractivity contribution in [3.8, 4) is 0 Å². The van der Waals surface area contributed by atoms with E-state index in [-0.39, 0.29) is 24.3 Å². The SMILES string of the molecule is CC(C)N1CNC(=O)CC1=O. The van der Waals surface area contributed by atoms with Crippen LogP contribution in [0.15, 0.2) is 0 Å². The summed E-state index contributed by atoms with van der Waals surface area (Å²) in [4.78, 5) is 23.4. The Morgan fingerprint density at radius 2 is 2.09 bits per heavy atom. The largest absolute Gasteiger partial charge is 0.338 e. The molecule has 0 aromatic rings. The highest BCUT2D eigenvalue weighted by Gasteiger charge is 2.24. The van der Waals surface area contributed by atoms with E-state index in [1.165, 1.54) is 0 Å². The second-order valence-corrected chi connectivity index (χ2v) is 2.89. The number of carbonyl (C=O) groups excluding carboxylic acids is 2. The molecule has 0 radical (unpaired) electrons. The first-order chi connectivity index (χ1) is 5.11. The van der Waals surface area contributed by atoms with E-state index in [1.54, 1.807) is 4.90 Å². The number of nitrogens with zero attached hydrogens (tertiary/aromatic N) is 1. The monoisotopic (exact) mass is 156 g/mol. The molecule has 1 N–H and O–H groups in total. The maximum Gasteiger partial charge on any atom is 0.233 e. The number of hydrogen-bond acceptors (Lipinski definition) is 2. The molecule has 0 saturated carbocycles. The Morgan fingerprint density at radius 1 is 1.45 bits per heavy atom. The van der Waals surface area contributed by atoms with Gasteiger partial charge in [-0.25, -0.2) is 0 Å². The Morgan fingerprint density at radius 3 is 2.55 bits per heavy atom. The summed E-state index contributed by atoms with van der Waals surface area (Å²) < 4.78 is 0. The minimum absolute atomic E-state index is 0.00181. The van der Waals surface area contributed by atoms with Crippen molar-refractivity contribution in [1.82, 2.24) is 10.2 Å². The Labute approximate surface area is 65.6 Å². The lowest BCUT2D eigenvalue weighted by Crippen LogP contribution is -2.51. The third-order valence-electron chi connectivity index (χ3n) is 1.70. The topological polar surface area (TPSA) is 49.4 Å². The summed E-state index contributed by atoms with van der Waals surface area (Å²) in [6, 6.07) is 0.170. The molecular weight excluding hydrogens is 144 g/mol. The Bertz CT molecular complexity index is 189. The summed E-state index contributed by atoms with van der Waals surface area (Å²) in [5, 5.41) is 2.61. The van der Waals surface area contributed by atoms with Gasteiger partial charge in [-0.1, -0.05) is 0 Å². The molecule has 62 valence electrons. The highest BCUT2D eigenvalue weighted by Crippen LogP contribution is 2.03. The molecular formula is C7H12N2O2. The van der Waals surface area contributed by atoms with E-state index < -0.39 is 0 Å². The lowest BCUT2D eigenvalue weighted by atomic mass is 10.2. The summed E-state index contributed by atoms with van der Waals surface area (Å²) in [5.74, 6) is -0.254. The lowest BCUT2D eigenvalue weighted by Gasteiger charge is -2.30. The summed E-state index contributed by atoms with van der Waals surface area (Å²) in [7, 11) is 0. The molecule has 0 atom stereocenters. The van der Waals surface area contributed by atoms with Gasteiger partial charge in [0.15, 0.2) is 0 Å². The van der Waals surface area contributed by atoms with Crippen LogP contribution < -0.4 is 5.32 Å². The quantitative estimate of drug-likeness (QED) is 0.530. The Balaban J connectivity index is 2.57. The number of nitrogens with one attached hydrogen (secondary N) is 1. The van der Waals surface area contributed by atoms with Crippen LogP contribution in [0.1, 0.15) is 20.3 Å². The molecule has 1 aliphatic rings. The van der Waals surface area contributed by atoms with Crippen LogP contribution in [0, 0.1) is 0 Å². The third-order valence-corrected chi connectivity index (χ3v) is 1.70. The molecule has 11 heavy (non-hydrogen) atoms. The Kier molecular flexibility index (Phi) is 2.12. The predicted octanol–water partition coefficient (Wildman–Crippen LogP) is -0.299. The molecule has 1 aliphatic heterocycles. The van der Waals surface area contributed by atoms with Gasteiger partial charge in [0.1, 0.15) is 6.42 Å². The lowest BCUT2D eigenvalue weighted by molar-refractivity contribution is -0.142. The molecule has 0 aromatic heterocycles. The molecule has 0 aliphatic carbocycles. The van der Waals surface area contributed by atoms with Crippen molar-refractivity contribution in [2.24, 2.45) is 0 Å². The number of amides is 2. The fourth-order valence-corrected chi connectivity index (χ4v) is 1.03. The van der Waals surface area contributed by atoms with Crippen LogP contribution in [0.2, 0.25) is 0 Å². The molecule has 1 heterocycles. The normalized spacial score (nSPS) is 19.0. The van der Waals surface area contributed by atoms with Gasteiger partial charge in [0, 0.05) is 6.04 Å². The van der Waals surface area contributed by atoms with E-state index in [2.05, 4.69) is 5.32 Å². The average molecular weight is 156 g/mol. The first-order valence-electron chi connectivity index (χ1n) is 3.67. The van der Waals surface area contributed by atoms with Crippen molar-refractivity contribution in [3.63, 3.8) is 0 Å². The maximum atomic E-state index is 11.1. The molecule has 4 nitrogen and oxygen atoms in total. The molecule has 0 aromatic carbocycles. The van der Waals surface area contributed by atoms with E-state index in [4.69, 9.17) is 0 Å². The number of hydrogen-bond donors (Lipinski definition) is 1. The molecule has 4 heteroatoms. The zero-order valence-corrected chi connectivity index (χ0v) is 6.76. The zero-order chi connectivity index (χ0) is 8.43. The fraction of sp³-hybridized carbons (Fsp3) is 0.714. The standard InChI is InChI=1S/C7H12N2O2/c1-5(2)9-4-8-6(10)3-7(9)11/h5H,3-4H2,1-2H3,(H,8,10). The molecule has 0 spiro atoms. The summed E-state index contributed by atoms with van der Waals surface area (Å²) in [6.45, 7) is 4.21. The van der Waals surface area contributed by atoms with E-state index in [0.29, 0.717) is 6.67 Å². The van der Waals surface area contributed by atoms with Crippen molar-refractivity contribution in [3.05, 3.63) is 0 Å². The van der Waals surface area contributed by atoms with E-state index >= 15 is 0 Å². The van der Waals surface area contributed by atoms with Crippen LogP contribution in [0.4, 0.5) is 0 Å². The van der Waals surface area contributed by atoms with Crippen LogP contribution in [0.5, 0.6) is 0 Å². The van der Waals surface area contributed by atoms with Crippen molar-refractivity contribution in [2.75, 3.05) is 6.67 Å². The van der Waals surface area contributed by atoms with Gasteiger partial charge in [-0.15, -0.1) is 0 Å². The van der Waals surface area contributed by atoms with E-state index in [0.717, 1.165) is 0 Å². The molecule has 2 amide bonds. The minimum atomic E-state index is -0.174. The van der Waals surface area contributed by atoms with Gasteiger partial charge in [-0.2, -0.15) is 0 Å². The van der Waals surface area contributed by atoms with E-state index in [9.17, 15) is 9.59 Å². The minimum Gasteiger partial charge on any atom is -0.338 e. The second kappa shape index (κ2) is 2.90.